The number of hydrogen-bond acceptors (Lipinski definition) is 4. The summed E-state index contributed by atoms with van der Waals surface area (Å²) in [5.74, 6) is 0.532. The van der Waals surface area contributed by atoms with Crippen LogP contribution >= 0.6 is 0 Å². The summed E-state index contributed by atoms with van der Waals surface area (Å²) in [6, 6.07) is 14.0. The highest BCUT2D eigenvalue weighted by atomic mass is 32.2. The van der Waals surface area contributed by atoms with E-state index >= 15 is 0 Å². The first-order chi connectivity index (χ1) is 14.8. The van der Waals surface area contributed by atoms with E-state index in [1.807, 2.05) is 38.1 Å². The first-order valence-electron chi connectivity index (χ1n) is 11.1. The molecule has 0 radical (unpaired) electrons. The summed E-state index contributed by atoms with van der Waals surface area (Å²) in [4.78, 5) is 15.3. The zero-order valence-electron chi connectivity index (χ0n) is 18.7. The molecule has 1 saturated heterocycles. The molecule has 0 saturated carbocycles. The average Bonchev–Trinajstić information content (AvgIpc) is 2.75. The fraction of sp³-hybridized carbons (Fsp3) is 0.458. The van der Waals surface area contributed by atoms with Gasteiger partial charge in [0, 0.05) is 37.4 Å². The summed E-state index contributed by atoms with van der Waals surface area (Å²) >= 11 is 0. The monoisotopic (exact) mass is 443 g/mol. The van der Waals surface area contributed by atoms with Crippen molar-refractivity contribution in [3.8, 4) is 0 Å². The van der Waals surface area contributed by atoms with Crippen LogP contribution in [0.5, 0.6) is 0 Å². The van der Waals surface area contributed by atoms with Gasteiger partial charge in [-0.1, -0.05) is 32.9 Å². The number of likely N-dealkylation sites (tertiary alicyclic amines) is 1. The lowest BCUT2D eigenvalue weighted by Crippen LogP contribution is -2.33. The molecule has 168 valence electrons. The third-order valence-corrected chi connectivity index (χ3v) is 7.88. The zero-order valence-corrected chi connectivity index (χ0v) is 19.5. The second kappa shape index (κ2) is 10.4. The molecular formula is C24H33N3O3S. The van der Waals surface area contributed by atoms with Crippen LogP contribution in [0.2, 0.25) is 0 Å². The first-order valence-corrected chi connectivity index (χ1v) is 12.5. The predicted molar refractivity (Wildman–Crippen MR) is 125 cm³/mol. The number of hydrogen-bond donors (Lipinski definition) is 1. The minimum Gasteiger partial charge on any atom is -0.322 e. The molecule has 31 heavy (non-hydrogen) atoms. The molecule has 0 bridgehead atoms. The van der Waals surface area contributed by atoms with Crippen molar-refractivity contribution in [1.82, 2.24) is 9.21 Å². The van der Waals surface area contributed by atoms with Crippen molar-refractivity contribution >= 4 is 21.6 Å². The van der Waals surface area contributed by atoms with Gasteiger partial charge in [0.15, 0.2) is 0 Å². The molecule has 7 heteroatoms. The average molecular weight is 444 g/mol. The van der Waals surface area contributed by atoms with Crippen molar-refractivity contribution in [2.45, 2.75) is 45.1 Å². The number of benzene rings is 2. The molecule has 3 rings (SSSR count). The number of nitrogens with zero attached hydrogens (tertiary/aromatic N) is 2. The van der Waals surface area contributed by atoms with Gasteiger partial charge in [-0.2, -0.15) is 4.31 Å². The number of amides is 1. The number of piperidine rings is 1. The Kier molecular flexibility index (Phi) is 7.86. The van der Waals surface area contributed by atoms with Crippen LogP contribution in [0.15, 0.2) is 53.4 Å². The Morgan fingerprint density at radius 3 is 2.29 bits per heavy atom. The fourth-order valence-corrected chi connectivity index (χ4v) is 5.53. The van der Waals surface area contributed by atoms with Crippen LogP contribution in [0.4, 0.5) is 5.69 Å². The van der Waals surface area contributed by atoms with E-state index in [0.717, 1.165) is 25.6 Å². The topological polar surface area (TPSA) is 69.7 Å². The molecule has 1 aliphatic rings. The van der Waals surface area contributed by atoms with Gasteiger partial charge in [0.25, 0.3) is 5.91 Å². The van der Waals surface area contributed by atoms with Gasteiger partial charge < -0.3 is 5.32 Å². The highest BCUT2D eigenvalue weighted by molar-refractivity contribution is 7.89. The van der Waals surface area contributed by atoms with E-state index in [2.05, 4.69) is 17.1 Å². The maximum absolute atomic E-state index is 12.6. The quantitative estimate of drug-likeness (QED) is 0.664. The van der Waals surface area contributed by atoms with Crippen LogP contribution in [-0.4, -0.2) is 49.7 Å². The number of anilines is 1. The molecule has 0 aromatic heterocycles. The van der Waals surface area contributed by atoms with Gasteiger partial charge in [-0.3, -0.25) is 9.69 Å². The Hall–Kier alpha value is -2.22. The number of rotatable bonds is 8. The van der Waals surface area contributed by atoms with E-state index in [1.165, 1.54) is 34.8 Å². The lowest BCUT2D eigenvalue weighted by molar-refractivity contribution is 0.102. The molecule has 1 aliphatic heterocycles. The number of carbonyl (C=O) groups excluding carboxylic acids is 1. The van der Waals surface area contributed by atoms with Gasteiger partial charge in [-0.05, 0) is 67.3 Å². The molecule has 0 aliphatic carbocycles. The summed E-state index contributed by atoms with van der Waals surface area (Å²) in [5, 5.41) is 2.84. The van der Waals surface area contributed by atoms with Crippen LogP contribution in [0, 0.1) is 5.92 Å². The molecule has 0 spiro atoms. The fourth-order valence-electron chi connectivity index (χ4n) is 4.08. The summed E-state index contributed by atoms with van der Waals surface area (Å²) in [6.07, 6.45) is 2.55. The van der Waals surface area contributed by atoms with Crippen LogP contribution < -0.4 is 5.32 Å². The van der Waals surface area contributed by atoms with E-state index in [9.17, 15) is 13.2 Å². The summed E-state index contributed by atoms with van der Waals surface area (Å²) < 4.78 is 26.6. The standard InChI is InChI=1S/C24H33N3O3S/c1-4-27(5-2)31(29,30)23-14-12-22(13-15-23)25-24(28)21-10-8-20(9-11-21)18-26-16-6-7-19(3)17-26/h8-15,19H,4-7,16-18H2,1-3H3,(H,25,28). The van der Waals surface area contributed by atoms with E-state index in [1.54, 1.807) is 12.1 Å². The van der Waals surface area contributed by atoms with Crippen molar-refractivity contribution in [2.75, 3.05) is 31.5 Å². The highest BCUT2D eigenvalue weighted by Crippen LogP contribution is 2.20. The van der Waals surface area contributed by atoms with E-state index in [-0.39, 0.29) is 10.8 Å². The SMILES string of the molecule is CCN(CC)S(=O)(=O)c1ccc(NC(=O)c2ccc(CN3CCCC(C)C3)cc2)cc1. The molecule has 2 aromatic rings. The minimum atomic E-state index is -3.50. The van der Waals surface area contributed by atoms with Gasteiger partial charge in [-0.15, -0.1) is 0 Å². The molecule has 1 amide bonds. The van der Waals surface area contributed by atoms with Gasteiger partial charge >= 0.3 is 0 Å². The van der Waals surface area contributed by atoms with Crippen molar-refractivity contribution in [2.24, 2.45) is 5.92 Å². The minimum absolute atomic E-state index is 0.211. The largest absolute Gasteiger partial charge is 0.322 e. The Balaban J connectivity index is 1.61. The van der Waals surface area contributed by atoms with Crippen LogP contribution in [-0.2, 0) is 16.6 Å². The summed E-state index contributed by atoms with van der Waals surface area (Å²) in [5.41, 5.74) is 2.35. The Morgan fingerprint density at radius 2 is 1.71 bits per heavy atom. The van der Waals surface area contributed by atoms with Gasteiger partial charge in [0.2, 0.25) is 10.0 Å². The molecule has 1 fully saturated rings. The summed E-state index contributed by atoms with van der Waals surface area (Å²) in [6.45, 7) is 9.94. The van der Waals surface area contributed by atoms with E-state index in [4.69, 9.17) is 0 Å². The second-order valence-electron chi connectivity index (χ2n) is 8.25. The molecule has 2 aromatic carbocycles. The number of nitrogens with one attached hydrogen (secondary N) is 1. The molecule has 1 unspecified atom stereocenters. The lowest BCUT2D eigenvalue weighted by atomic mass is 9.99. The molecular weight excluding hydrogens is 410 g/mol. The summed E-state index contributed by atoms with van der Waals surface area (Å²) in [7, 11) is -3.50. The van der Waals surface area contributed by atoms with Gasteiger partial charge in [0.1, 0.15) is 0 Å². The van der Waals surface area contributed by atoms with E-state index in [0.29, 0.717) is 24.3 Å². The third kappa shape index (κ3) is 5.93. The smallest absolute Gasteiger partial charge is 0.255 e. The zero-order chi connectivity index (χ0) is 22.4. The number of sulfonamides is 1. The Labute approximate surface area is 186 Å². The Bertz CT molecular complexity index is 968. The Morgan fingerprint density at radius 1 is 1.06 bits per heavy atom. The second-order valence-corrected chi connectivity index (χ2v) is 10.2. The molecule has 6 nitrogen and oxygen atoms in total. The lowest BCUT2D eigenvalue weighted by Gasteiger charge is -2.30. The maximum atomic E-state index is 12.6. The molecule has 1 N–H and O–H groups in total. The highest BCUT2D eigenvalue weighted by Gasteiger charge is 2.21. The normalized spacial score (nSPS) is 17.6. The van der Waals surface area contributed by atoms with Gasteiger partial charge in [0.05, 0.1) is 4.90 Å². The third-order valence-electron chi connectivity index (χ3n) is 5.82. The van der Waals surface area contributed by atoms with Crippen molar-refractivity contribution in [3.05, 3.63) is 59.7 Å². The van der Waals surface area contributed by atoms with Crippen LogP contribution in [0.1, 0.15) is 49.5 Å². The maximum Gasteiger partial charge on any atom is 0.255 e. The van der Waals surface area contributed by atoms with Crippen LogP contribution in [0.25, 0.3) is 0 Å². The molecule has 1 heterocycles. The first kappa shape index (κ1) is 23.4. The van der Waals surface area contributed by atoms with Crippen LogP contribution in [0.3, 0.4) is 0 Å². The van der Waals surface area contributed by atoms with Crippen molar-refractivity contribution < 1.29 is 13.2 Å². The van der Waals surface area contributed by atoms with Gasteiger partial charge in [-0.25, -0.2) is 8.42 Å². The predicted octanol–water partition coefficient (Wildman–Crippen LogP) is 4.20. The van der Waals surface area contributed by atoms with Crippen molar-refractivity contribution in [1.29, 1.82) is 0 Å². The molecule has 1 atom stereocenters. The van der Waals surface area contributed by atoms with Crippen molar-refractivity contribution in [3.63, 3.8) is 0 Å². The van der Waals surface area contributed by atoms with E-state index < -0.39 is 10.0 Å². The number of carbonyl (C=O) groups is 1.